The van der Waals surface area contributed by atoms with Crippen LogP contribution in [0.5, 0.6) is 0 Å². The number of hydrogen-bond acceptors (Lipinski definition) is 1. The standard InChI is InChI=1S/C23H28N2/c1-24(2)16-8-12-19-18-10-5-4-9-17(18)14-15-22-23(19)20-11-6-7-13-21(20)25(22)3/h4-7,9-11,13,19H,8,12,14-16H2,1-3H3. The fraction of sp³-hybridized carbons (Fsp3) is 0.391. The van der Waals surface area contributed by atoms with Gasteiger partial charge in [-0.15, -0.1) is 0 Å². The highest BCUT2D eigenvalue weighted by molar-refractivity contribution is 5.87. The first-order chi connectivity index (χ1) is 12.2. The highest BCUT2D eigenvalue weighted by atomic mass is 15.0. The number of benzene rings is 2. The summed E-state index contributed by atoms with van der Waals surface area (Å²) in [6.45, 7) is 1.15. The molecule has 0 N–H and O–H groups in total. The lowest BCUT2D eigenvalue weighted by Crippen LogP contribution is -2.14. The van der Waals surface area contributed by atoms with Gasteiger partial charge in [0.1, 0.15) is 0 Å². The van der Waals surface area contributed by atoms with E-state index in [-0.39, 0.29) is 0 Å². The second kappa shape index (κ2) is 6.68. The number of aromatic nitrogens is 1. The third-order valence-electron chi connectivity index (χ3n) is 5.78. The van der Waals surface area contributed by atoms with E-state index in [4.69, 9.17) is 0 Å². The summed E-state index contributed by atoms with van der Waals surface area (Å²) in [6.07, 6.45) is 4.74. The maximum atomic E-state index is 2.44. The minimum absolute atomic E-state index is 0.514. The molecule has 2 nitrogen and oxygen atoms in total. The minimum Gasteiger partial charge on any atom is -0.347 e. The number of rotatable bonds is 4. The minimum atomic E-state index is 0.514. The molecule has 0 spiro atoms. The fourth-order valence-corrected chi connectivity index (χ4v) is 4.59. The Balaban J connectivity index is 1.87. The fourth-order valence-electron chi connectivity index (χ4n) is 4.59. The first-order valence-electron chi connectivity index (χ1n) is 9.45. The Morgan fingerprint density at radius 2 is 1.76 bits per heavy atom. The van der Waals surface area contributed by atoms with Gasteiger partial charge in [-0.2, -0.15) is 0 Å². The quantitative estimate of drug-likeness (QED) is 0.669. The van der Waals surface area contributed by atoms with E-state index in [1.165, 1.54) is 35.0 Å². The largest absolute Gasteiger partial charge is 0.347 e. The van der Waals surface area contributed by atoms with Gasteiger partial charge in [-0.25, -0.2) is 0 Å². The lowest BCUT2D eigenvalue weighted by Gasteiger charge is -2.20. The number of aryl methyl sites for hydroxylation is 2. The molecule has 2 heteroatoms. The van der Waals surface area contributed by atoms with Crippen LogP contribution in [0.3, 0.4) is 0 Å². The van der Waals surface area contributed by atoms with Gasteiger partial charge in [0.05, 0.1) is 0 Å². The van der Waals surface area contributed by atoms with Gasteiger partial charge in [0, 0.05) is 29.6 Å². The van der Waals surface area contributed by atoms with Crippen LogP contribution in [0.4, 0.5) is 0 Å². The summed E-state index contributed by atoms with van der Waals surface area (Å²) in [5.74, 6) is 0.514. The van der Waals surface area contributed by atoms with Gasteiger partial charge in [0.15, 0.2) is 0 Å². The number of hydrogen-bond donors (Lipinski definition) is 0. The van der Waals surface area contributed by atoms with E-state index < -0.39 is 0 Å². The third kappa shape index (κ3) is 2.89. The van der Waals surface area contributed by atoms with Crippen LogP contribution < -0.4 is 0 Å². The Bertz CT molecular complexity index is 888. The lowest BCUT2D eigenvalue weighted by atomic mass is 9.85. The summed E-state index contributed by atoms with van der Waals surface area (Å²) < 4.78 is 2.44. The molecule has 0 saturated carbocycles. The van der Waals surface area contributed by atoms with Crippen LogP contribution in [0, 0.1) is 0 Å². The van der Waals surface area contributed by atoms with Gasteiger partial charge < -0.3 is 9.47 Å². The summed E-state index contributed by atoms with van der Waals surface area (Å²) in [7, 11) is 6.59. The predicted octanol–water partition coefficient (Wildman–Crippen LogP) is 4.75. The first kappa shape index (κ1) is 16.4. The van der Waals surface area contributed by atoms with Gasteiger partial charge in [0.2, 0.25) is 0 Å². The van der Waals surface area contributed by atoms with Crippen molar-refractivity contribution < 1.29 is 0 Å². The highest BCUT2D eigenvalue weighted by Gasteiger charge is 2.28. The Kier molecular flexibility index (Phi) is 4.39. The van der Waals surface area contributed by atoms with Crippen molar-refractivity contribution in [1.82, 2.24) is 9.47 Å². The second-order valence-electron chi connectivity index (χ2n) is 7.63. The molecule has 1 aliphatic carbocycles. The zero-order valence-electron chi connectivity index (χ0n) is 15.6. The Morgan fingerprint density at radius 1 is 1.00 bits per heavy atom. The van der Waals surface area contributed by atoms with Crippen LogP contribution in [0.15, 0.2) is 48.5 Å². The maximum absolute atomic E-state index is 2.44. The summed E-state index contributed by atoms with van der Waals surface area (Å²) in [5, 5.41) is 1.45. The van der Waals surface area contributed by atoms with Gasteiger partial charge in [-0.3, -0.25) is 0 Å². The van der Waals surface area contributed by atoms with E-state index in [1.807, 2.05) is 0 Å². The summed E-state index contributed by atoms with van der Waals surface area (Å²) in [5.41, 5.74) is 7.59. The molecule has 25 heavy (non-hydrogen) atoms. The Morgan fingerprint density at radius 3 is 2.60 bits per heavy atom. The lowest BCUT2D eigenvalue weighted by molar-refractivity contribution is 0.390. The predicted molar refractivity (Wildman–Crippen MR) is 106 cm³/mol. The molecule has 0 saturated heterocycles. The van der Waals surface area contributed by atoms with Crippen LogP contribution in [-0.2, 0) is 19.9 Å². The molecule has 0 fully saturated rings. The zero-order valence-corrected chi connectivity index (χ0v) is 15.6. The van der Waals surface area contributed by atoms with Crippen molar-refractivity contribution in [3.63, 3.8) is 0 Å². The second-order valence-corrected chi connectivity index (χ2v) is 7.63. The molecule has 1 atom stereocenters. The number of nitrogens with zero attached hydrogens (tertiary/aromatic N) is 2. The van der Waals surface area contributed by atoms with Crippen molar-refractivity contribution in [2.75, 3.05) is 20.6 Å². The van der Waals surface area contributed by atoms with Gasteiger partial charge in [-0.1, -0.05) is 42.5 Å². The third-order valence-corrected chi connectivity index (χ3v) is 5.78. The van der Waals surface area contributed by atoms with Crippen molar-refractivity contribution >= 4 is 10.9 Å². The van der Waals surface area contributed by atoms with E-state index >= 15 is 0 Å². The Labute approximate surface area is 151 Å². The summed E-state index contributed by atoms with van der Waals surface area (Å²) in [4.78, 5) is 2.30. The molecule has 0 amide bonds. The molecule has 130 valence electrons. The van der Waals surface area contributed by atoms with Gasteiger partial charge in [-0.05, 0) is 69.1 Å². The Hall–Kier alpha value is -2.06. The SMILES string of the molecule is CN(C)CCCC1c2ccccc2CCc2c1c1ccccc1n2C. The smallest absolute Gasteiger partial charge is 0.0483 e. The molecular weight excluding hydrogens is 304 g/mol. The maximum Gasteiger partial charge on any atom is 0.0483 e. The molecule has 0 radical (unpaired) electrons. The number of para-hydroxylation sites is 1. The summed E-state index contributed by atoms with van der Waals surface area (Å²) in [6, 6.07) is 18.1. The van der Waals surface area contributed by atoms with Gasteiger partial charge >= 0.3 is 0 Å². The van der Waals surface area contributed by atoms with E-state index in [2.05, 4.69) is 79.1 Å². The van der Waals surface area contributed by atoms with Crippen LogP contribution in [-0.4, -0.2) is 30.1 Å². The van der Waals surface area contributed by atoms with E-state index in [9.17, 15) is 0 Å². The average Bonchev–Trinajstić information content (AvgIpc) is 2.79. The average molecular weight is 332 g/mol. The van der Waals surface area contributed by atoms with Crippen molar-refractivity contribution in [2.45, 2.75) is 31.6 Å². The molecule has 0 aliphatic heterocycles. The molecular formula is C23H28N2. The monoisotopic (exact) mass is 332 g/mol. The molecule has 0 bridgehead atoms. The first-order valence-corrected chi connectivity index (χ1v) is 9.45. The number of fused-ring (bicyclic) bond motifs is 4. The molecule has 1 heterocycles. The molecule has 3 aromatic rings. The van der Waals surface area contributed by atoms with E-state index in [0.717, 1.165) is 19.4 Å². The molecule has 1 aromatic heterocycles. The normalized spacial score (nSPS) is 16.7. The van der Waals surface area contributed by atoms with E-state index in [0.29, 0.717) is 5.92 Å². The van der Waals surface area contributed by atoms with Crippen LogP contribution >= 0.6 is 0 Å². The van der Waals surface area contributed by atoms with E-state index in [1.54, 1.807) is 11.1 Å². The van der Waals surface area contributed by atoms with Crippen molar-refractivity contribution in [1.29, 1.82) is 0 Å². The van der Waals surface area contributed by atoms with Crippen molar-refractivity contribution in [2.24, 2.45) is 7.05 Å². The highest BCUT2D eigenvalue weighted by Crippen LogP contribution is 2.42. The van der Waals surface area contributed by atoms with Crippen LogP contribution in [0.2, 0.25) is 0 Å². The van der Waals surface area contributed by atoms with Crippen LogP contribution in [0.25, 0.3) is 10.9 Å². The van der Waals surface area contributed by atoms with Crippen LogP contribution in [0.1, 0.15) is 41.1 Å². The molecule has 1 aliphatic rings. The molecule has 4 rings (SSSR count). The zero-order chi connectivity index (χ0) is 17.4. The molecule has 2 aromatic carbocycles. The topological polar surface area (TPSA) is 8.17 Å². The van der Waals surface area contributed by atoms with Gasteiger partial charge in [0.25, 0.3) is 0 Å². The summed E-state index contributed by atoms with van der Waals surface area (Å²) >= 11 is 0. The van der Waals surface area contributed by atoms with Crippen molar-refractivity contribution in [3.8, 4) is 0 Å². The molecule has 1 unspecified atom stereocenters. The van der Waals surface area contributed by atoms with Crippen molar-refractivity contribution in [3.05, 3.63) is 70.9 Å².